The predicted molar refractivity (Wildman–Crippen MR) is 127 cm³/mol. The largest absolute Gasteiger partial charge is 0.439 e. The van der Waals surface area contributed by atoms with Crippen molar-refractivity contribution in [1.82, 2.24) is 0 Å². The summed E-state index contributed by atoms with van der Waals surface area (Å²) >= 11 is 6.45. The van der Waals surface area contributed by atoms with Gasteiger partial charge in [-0.3, -0.25) is 4.31 Å². The molecular formula is C25H17ClFN3O3S. The van der Waals surface area contributed by atoms with Gasteiger partial charge in [-0.1, -0.05) is 54.1 Å². The van der Waals surface area contributed by atoms with Crippen LogP contribution in [0.4, 0.5) is 10.1 Å². The molecule has 0 aliphatic carbocycles. The maximum atomic E-state index is 14.1. The van der Waals surface area contributed by atoms with Gasteiger partial charge in [0.15, 0.2) is 5.76 Å². The van der Waals surface area contributed by atoms with E-state index in [-0.39, 0.29) is 28.7 Å². The van der Waals surface area contributed by atoms with Crippen LogP contribution in [0.1, 0.15) is 22.6 Å². The summed E-state index contributed by atoms with van der Waals surface area (Å²) in [5.41, 5.74) is 7.96. The lowest BCUT2D eigenvalue weighted by atomic mass is 9.88. The van der Waals surface area contributed by atoms with Crippen molar-refractivity contribution in [2.24, 2.45) is 5.73 Å². The monoisotopic (exact) mass is 493 g/mol. The van der Waals surface area contributed by atoms with E-state index in [1.165, 1.54) is 28.6 Å². The molecule has 2 aliphatic rings. The van der Waals surface area contributed by atoms with Crippen molar-refractivity contribution in [2.45, 2.75) is 12.5 Å². The summed E-state index contributed by atoms with van der Waals surface area (Å²) in [6.07, 6.45) is 0. The molecule has 1 atom stereocenters. The Kier molecular flexibility index (Phi) is 5.31. The molecule has 0 aromatic heterocycles. The number of allylic oxidation sites excluding steroid dienone is 2. The van der Waals surface area contributed by atoms with Crippen LogP contribution >= 0.6 is 11.6 Å². The number of benzene rings is 3. The highest BCUT2D eigenvalue weighted by molar-refractivity contribution is 7.96. The molecule has 9 heteroatoms. The molecule has 0 bridgehead atoms. The molecule has 2 N–H and O–H groups in total. The van der Waals surface area contributed by atoms with Gasteiger partial charge in [-0.15, -0.1) is 0 Å². The number of hydrogen-bond donors (Lipinski definition) is 1. The molecule has 6 nitrogen and oxygen atoms in total. The Morgan fingerprint density at radius 2 is 1.74 bits per heavy atom. The second-order valence-electron chi connectivity index (χ2n) is 7.79. The molecule has 0 saturated carbocycles. The molecule has 3 aromatic carbocycles. The number of fused-ring (bicyclic) bond motifs is 2. The van der Waals surface area contributed by atoms with Crippen LogP contribution < -0.4 is 10.0 Å². The summed E-state index contributed by atoms with van der Waals surface area (Å²) in [5, 5.41) is 10.2. The Balaban J connectivity index is 1.77. The number of sulfonamides is 1. The number of nitrogens with zero attached hydrogens (tertiary/aromatic N) is 2. The van der Waals surface area contributed by atoms with Crippen LogP contribution in [0.25, 0.3) is 5.76 Å². The molecule has 5 rings (SSSR count). The first kappa shape index (κ1) is 22.0. The predicted octanol–water partition coefficient (Wildman–Crippen LogP) is 5.01. The average molecular weight is 494 g/mol. The number of hydrogen-bond acceptors (Lipinski definition) is 5. The third-order valence-electron chi connectivity index (χ3n) is 5.81. The fraction of sp³-hybridized carbons (Fsp3) is 0.0800. The van der Waals surface area contributed by atoms with Crippen LogP contribution in [0.15, 0.2) is 89.2 Å². The quantitative estimate of drug-likeness (QED) is 0.553. The zero-order chi connectivity index (χ0) is 24.0. The minimum atomic E-state index is -4.23. The van der Waals surface area contributed by atoms with Crippen molar-refractivity contribution < 1.29 is 17.5 Å². The first-order chi connectivity index (χ1) is 16.3. The molecule has 0 fully saturated rings. The number of nitrogens with two attached hydrogens (primary N) is 1. The van der Waals surface area contributed by atoms with Crippen molar-refractivity contribution in [3.8, 4) is 6.07 Å². The van der Waals surface area contributed by atoms with Crippen LogP contribution in [-0.2, 0) is 21.3 Å². The summed E-state index contributed by atoms with van der Waals surface area (Å²) < 4.78 is 48.8. The van der Waals surface area contributed by atoms with E-state index in [1.54, 1.807) is 48.5 Å². The molecule has 0 amide bonds. The fourth-order valence-electron chi connectivity index (χ4n) is 4.26. The molecule has 0 unspecified atom stereocenters. The van der Waals surface area contributed by atoms with E-state index in [0.29, 0.717) is 27.4 Å². The molecule has 0 saturated heterocycles. The Morgan fingerprint density at radius 1 is 1.06 bits per heavy atom. The van der Waals surface area contributed by atoms with E-state index in [1.807, 2.05) is 6.07 Å². The van der Waals surface area contributed by atoms with Gasteiger partial charge < -0.3 is 10.5 Å². The minimum Gasteiger partial charge on any atom is -0.439 e. The number of para-hydroxylation sites is 1. The van der Waals surface area contributed by atoms with Crippen molar-refractivity contribution in [2.75, 3.05) is 4.31 Å². The molecule has 34 heavy (non-hydrogen) atoms. The van der Waals surface area contributed by atoms with Crippen LogP contribution in [0.3, 0.4) is 0 Å². The summed E-state index contributed by atoms with van der Waals surface area (Å²) in [4.78, 5) is -0.118. The second kappa shape index (κ2) is 8.20. The van der Waals surface area contributed by atoms with E-state index >= 15 is 0 Å². The van der Waals surface area contributed by atoms with Gasteiger partial charge >= 0.3 is 0 Å². The van der Waals surface area contributed by atoms with Gasteiger partial charge in [-0.25, -0.2) is 12.8 Å². The Bertz CT molecular complexity index is 1530. The van der Waals surface area contributed by atoms with E-state index in [4.69, 9.17) is 22.1 Å². The fourth-order valence-corrected chi connectivity index (χ4v) is 6.40. The first-order valence-corrected chi connectivity index (χ1v) is 12.1. The van der Waals surface area contributed by atoms with Crippen LogP contribution in [0, 0.1) is 17.1 Å². The number of nitriles is 1. The average Bonchev–Trinajstić information content (AvgIpc) is 2.82. The highest BCUT2D eigenvalue weighted by Crippen LogP contribution is 2.52. The van der Waals surface area contributed by atoms with Gasteiger partial charge in [0.2, 0.25) is 5.88 Å². The Hall–Kier alpha value is -3.80. The summed E-state index contributed by atoms with van der Waals surface area (Å²) in [6, 6.07) is 21.2. The molecule has 2 heterocycles. The molecule has 3 aromatic rings. The number of rotatable bonds is 3. The lowest BCUT2D eigenvalue weighted by molar-refractivity contribution is 0.357. The third-order valence-corrected chi connectivity index (χ3v) is 8.04. The van der Waals surface area contributed by atoms with Crippen LogP contribution in [0.2, 0.25) is 5.02 Å². The molecule has 170 valence electrons. The van der Waals surface area contributed by atoms with Crippen molar-refractivity contribution in [1.29, 1.82) is 5.26 Å². The number of anilines is 1. The van der Waals surface area contributed by atoms with Gasteiger partial charge in [-0.2, -0.15) is 5.26 Å². The minimum absolute atomic E-state index is 0.0449. The summed E-state index contributed by atoms with van der Waals surface area (Å²) in [6.45, 7) is -0.0489. The second-order valence-corrected chi connectivity index (χ2v) is 10.0. The smallest absolute Gasteiger partial charge is 0.265 e. The van der Waals surface area contributed by atoms with E-state index in [0.717, 1.165) is 0 Å². The Morgan fingerprint density at radius 3 is 2.44 bits per heavy atom. The lowest BCUT2D eigenvalue weighted by Crippen LogP contribution is -2.39. The van der Waals surface area contributed by atoms with Gasteiger partial charge in [0.05, 0.1) is 18.2 Å². The van der Waals surface area contributed by atoms with Crippen molar-refractivity contribution >= 4 is 33.1 Å². The van der Waals surface area contributed by atoms with E-state index in [2.05, 4.69) is 0 Å². The third kappa shape index (κ3) is 3.41. The van der Waals surface area contributed by atoms with Gasteiger partial charge in [-0.05, 0) is 41.5 Å². The van der Waals surface area contributed by atoms with Crippen LogP contribution in [0.5, 0.6) is 0 Å². The van der Waals surface area contributed by atoms with Gasteiger partial charge in [0, 0.05) is 10.6 Å². The highest BCUT2D eigenvalue weighted by atomic mass is 35.5. The molecular weight excluding hydrogens is 477 g/mol. The zero-order valence-corrected chi connectivity index (χ0v) is 19.1. The van der Waals surface area contributed by atoms with Crippen molar-refractivity contribution in [3.63, 3.8) is 0 Å². The molecule has 2 aliphatic heterocycles. The van der Waals surface area contributed by atoms with Gasteiger partial charge in [0.1, 0.15) is 22.4 Å². The highest BCUT2D eigenvalue weighted by Gasteiger charge is 2.47. The number of ether oxygens (including phenoxy) is 1. The lowest BCUT2D eigenvalue weighted by Gasteiger charge is -2.38. The maximum absolute atomic E-state index is 14.1. The summed E-state index contributed by atoms with van der Waals surface area (Å²) in [7, 11) is -4.23. The van der Waals surface area contributed by atoms with Crippen LogP contribution in [-0.4, -0.2) is 8.42 Å². The van der Waals surface area contributed by atoms with Crippen molar-refractivity contribution in [3.05, 3.63) is 117 Å². The Labute approximate surface area is 201 Å². The molecule has 0 radical (unpaired) electrons. The maximum Gasteiger partial charge on any atom is 0.265 e. The first-order valence-electron chi connectivity index (χ1n) is 10.3. The normalized spacial score (nSPS) is 18.6. The summed E-state index contributed by atoms with van der Waals surface area (Å²) in [5.74, 6) is -1.60. The molecule has 0 spiro atoms. The van der Waals surface area contributed by atoms with Gasteiger partial charge in [0.25, 0.3) is 10.0 Å². The topological polar surface area (TPSA) is 96.4 Å². The van der Waals surface area contributed by atoms with E-state index in [9.17, 15) is 18.1 Å². The SMILES string of the molecule is N#CC1=C(N)OC2=C([C@H]1c1ccccc1Cl)S(=O)(=O)N(Cc1ccc(F)cc1)c1ccccc12. The van der Waals surface area contributed by atoms with E-state index < -0.39 is 21.8 Å². The number of halogens is 2. The zero-order valence-electron chi connectivity index (χ0n) is 17.6. The standard InChI is InChI=1S/C25H17ClFN3O3S/c26-20-7-3-1-5-17(20)22-19(13-28)25(29)33-23-18-6-2-4-8-21(18)30(34(31,32)24(22)23)14-15-9-11-16(27)12-10-15/h1-12,22H,14,29H2/t22-/m0/s1.